The van der Waals surface area contributed by atoms with Crippen LogP contribution < -0.4 is 5.73 Å². The lowest BCUT2D eigenvalue weighted by Crippen LogP contribution is -2.33. The van der Waals surface area contributed by atoms with Gasteiger partial charge in [-0.05, 0) is 12.7 Å². The molecule has 2 atom stereocenters. The first-order valence-corrected chi connectivity index (χ1v) is 4.44. The Morgan fingerprint density at radius 3 is 2.33 bits per heavy atom. The molecule has 56 valence electrons. The van der Waals surface area contributed by atoms with Gasteiger partial charge in [0.05, 0.1) is 6.61 Å². The minimum absolute atomic E-state index is 0.144. The minimum Gasteiger partial charge on any atom is -0.395 e. The fourth-order valence-electron chi connectivity index (χ4n) is 0.648. The van der Waals surface area contributed by atoms with Crippen LogP contribution in [-0.4, -0.2) is 29.3 Å². The van der Waals surface area contributed by atoms with Crippen LogP contribution in [0.3, 0.4) is 0 Å². The number of hydrogen-bond donors (Lipinski definition) is 2. The molecule has 0 saturated heterocycles. The predicted molar refractivity (Wildman–Crippen MR) is 42.7 cm³/mol. The zero-order valence-corrected chi connectivity index (χ0v) is 6.82. The molecule has 0 rings (SSSR count). The Kier molecular flexibility index (Phi) is 5.24. The Morgan fingerprint density at radius 1 is 1.67 bits per heavy atom. The maximum atomic E-state index is 8.73. The first-order valence-electron chi connectivity index (χ1n) is 3.15. The molecule has 9 heavy (non-hydrogen) atoms. The van der Waals surface area contributed by atoms with E-state index in [-0.39, 0.29) is 17.9 Å². The highest BCUT2D eigenvalue weighted by Crippen LogP contribution is 2.10. The molecule has 3 N–H and O–H groups in total. The van der Waals surface area contributed by atoms with Crippen LogP contribution in [0.15, 0.2) is 0 Å². The normalized spacial score (nSPS) is 17.3. The van der Waals surface area contributed by atoms with Gasteiger partial charge in [-0.3, -0.25) is 0 Å². The van der Waals surface area contributed by atoms with Crippen LogP contribution in [0.4, 0.5) is 0 Å². The van der Waals surface area contributed by atoms with E-state index in [4.69, 9.17) is 10.8 Å². The van der Waals surface area contributed by atoms with Crippen LogP contribution in [0, 0.1) is 0 Å². The molecule has 0 bridgehead atoms. The molecule has 3 heteroatoms. The third kappa shape index (κ3) is 3.08. The van der Waals surface area contributed by atoms with Crippen molar-refractivity contribution in [2.24, 2.45) is 5.73 Å². The average Bonchev–Trinajstić information content (AvgIpc) is 1.90. The predicted octanol–water partition coefficient (Wildman–Crippen LogP) is 0.448. The van der Waals surface area contributed by atoms with Crippen molar-refractivity contribution in [3.05, 3.63) is 0 Å². The van der Waals surface area contributed by atoms with Crippen molar-refractivity contribution in [3.63, 3.8) is 0 Å². The van der Waals surface area contributed by atoms with Gasteiger partial charge < -0.3 is 10.8 Å². The SMILES string of the molecule is CCC(N)C(CO)SC. The molecule has 0 radical (unpaired) electrons. The third-order valence-corrected chi connectivity index (χ3v) is 2.54. The molecule has 0 spiro atoms. The van der Waals surface area contributed by atoms with E-state index >= 15 is 0 Å². The van der Waals surface area contributed by atoms with Gasteiger partial charge in [-0.1, -0.05) is 6.92 Å². The van der Waals surface area contributed by atoms with Crippen LogP contribution in [0.2, 0.25) is 0 Å². The van der Waals surface area contributed by atoms with Gasteiger partial charge in [-0.2, -0.15) is 11.8 Å². The lowest BCUT2D eigenvalue weighted by atomic mass is 10.2. The van der Waals surface area contributed by atoms with Crippen LogP contribution in [0.25, 0.3) is 0 Å². The van der Waals surface area contributed by atoms with Gasteiger partial charge in [0.25, 0.3) is 0 Å². The highest BCUT2D eigenvalue weighted by Gasteiger charge is 2.12. The number of thioether (sulfide) groups is 1. The number of rotatable bonds is 4. The Bertz CT molecular complexity index is 66.1. The van der Waals surface area contributed by atoms with E-state index in [1.807, 2.05) is 13.2 Å². The standard InChI is InChI=1S/C6H15NOS/c1-3-5(7)6(4-8)9-2/h5-6,8H,3-4,7H2,1-2H3. The maximum absolute atomic E-state index is 8.73. The molecule has 0 aromatic heterocycles. The first kappa shape index (κ1) is 9.27. The summed E-state index contributed by atoms with van der Waals surface area (Å²) in [4.78, 5) is 0. The fourth-order valence-corrected chi connectivity index (χ4v) is 1.34. The summed E-state index contributed by atoms with van der Waals surface area (Å²) in [5, 5.41) is 8.94. The van der Waals surface area contributed by atoms with E-state index in [0.717, 1.165) is 6.42 Å². The summed E-state index contributed by atoms with van der Waals surface area (Å²) in [5.74, 6) is 0. The van der Waals surface area contributed by atoms with Crippen LogP contribution in [0.1, 0.15) is 13.3 Å². The van der Waals surface area contributed by atoms with Gasteiger partial charge in [0.2, 0.25) is 0 Å². The lowest BCUT2D eigenvalue weighted by Gasteiger charge is -2.17. The quantitative estimate of drug-likeness (QED) is 0.610. The highest BCUT2D eigenvalue weighted by atomic mass is 32.2. The van der Waals surface area contributed by atoms with Gasteiger partial charge in [0, 0.05) is 11.3 Å². The van der Waals surface area contributed by atoms with E-state index in [1.54, 1.807) is 11.8 Å². The molecule has 0 saturated carbocycles. The van der Waals surface area contributed by atoms with Crippen molar-refractivity contribution >= 4 is 11.8 Å². The Labute approximate surface area is 60.8 Å². The molecule has 0 aliphatic carbocycles. The van der Waals surface area contributed by atoms with Gasteiger partial charge >= 0.3 is 0 Å². The van der Waals surface area contributed by atoms with E-state index < -0.39 is 0 Å². The summed E-state index contributed by atoms with van der Waals surface area (Å²) in [5.41, 5.74) is 5.66. The Hall–Kier alpha value is 0.270. The molecule has 0 aliphatic rings. The van der Waals surface area contributed by atoms with E-state index in [1.165, 1.54) is 0 Å². The molecule has 2 nitrogen and oxygen atoms in total. The van der Waals surface area contributed by atoms with Gasteiger partial charge in [0.1, 0.15) is 0 Å². The lowest BCUT2D eigenvalue weighted by molar-refractivity contribution is 0.281. The molecule has 0 aromatic carbocycles. The summed E-state index contributed by atoms with van der Waals surface area (Å²) in [6, 6.07) is 0.144. The highest BCUT2D eigenvalue weighted by molar-refractivity contribution is 7.99. The first-order chi connectivity index (χ1) is 4.26. The van der Waals surface area contributed by atoms with Crippen LogP contribution >= 0.6 is 11.8 Å². The number of nitrogens with two attached hydrogens (primary N) is 1. The summed E-state index contributed by atoms with van der Waals surface area (Å²) >= 11 is 1.63. The molecule has 0 heterocycles. The maximum Gasteiger partial charge on any atom is 0.0564 e. The Balaban J connectivity index is 3.50. The molecular formula is C6H15NOS. The van der Waals surface area contributed by atoms with Crippen molar-refractivity contribution in [1.82, 2.24) is 0 Å². The summed E-state index contributed by atoms with van der Waals surface area (Å²) < 4.78 is 0. The fraction of sp³-hybridized carbons (Fsp3) is 1.00. The molecular weight excluding hydrogens is 134 g/mol. The molecule has 2 unspecified atom stereocenters. The largest absolute Gasteiger partial charge is 0.395 e. The van der Waals surface area contributed by atoms with Crippen molar-refractivity contribution in [2.45, 2.75) is 24.6 Å². The topological polar surface area (TPSA) is 46.2 Å². The second-order valence-electron chi connectivity index (χ2n) is 2.03. The zero-order chi connectivity index (χ0) is 7.28. The van der Waals surface area contributed by atoms with E-state index in [0.29, 0.717) is 0 Å². The summed E-state index contributed by atoms with van der Waals surface area (Å²) in [6.45, 7) is 2.22. The monoisotopic (exact) mass is 149 g/mol. The number of aliphatic hydroxyl groups excluding tert-OH is 1. The molecule has 0 fully saturated rings. The summed E-state index contributed by atoms with van der Waals surface area (Å²) in [7, 11) is 0. The van der Waals surface area contributed by atoms with Crippen LogP contribution in [-0.2, 0) is 0 Å². The van der Waals surface area contributed by atoms with Crippen molar-refractivity contribution < 1.29 is 5.11 Å². The molecule has 0 aliphatic heterocycles. The smallest absolute Gasteiger partial charge is 0.0564 e. The second-order valence-corrected chi connectivity index (χ2v) is 3.11. The van der Waals surface area contributed by atoms with Gasteiger partial charge in [-0.15, -0.1) is 0 Å². The van der Waals surface area contributed by atoms with Crippen molar-refractivity contribution in [2.75, 3.05) is 12.9 Å². The second kappa shape index (κ2) is 5.09. The van der Waals surface area contributed by atoms with E-state index in [2.05, 4.69) is 0 Å². The van der Waals surface area contributed by atoms with Crippen molar-refractivity contribution in [3.8, 4) is 0 Å². The molecule has 0 aromatic rings. The number of hydrogen-bond acceptors (Lipinski definition) is 3. The number of aliphatic hydroxyl groups is 1. The van der Waals surface area contributed by atoms with Crippen LogP contribution in [0.5, 0.6) is 0 Å². The summed E-state index contributed by atoms with van der Waals surface area (Å²) in [6.07, 6.45) is 2.91. The minimum atomic E-state index is 0.144. The zero-order valence-electron chi connectivity index (χ0n) is 6.00. The third-order valence-electron chi connectivity index (χ3n) is 1.43. The van der Waals surface area contributed by atoms with Gasteiger partial charge in [-0.25, -0.2) is 0 Å². The van der Waals surface area contributed by atoms with Crippen molar-refractivity contribution in [1.29, 1.82) is 0 Å². The van der Waals surface area contributed by atoms with Gasteiger partial charge in [0.15, 0.2) is 0 Å². The average molecular weight is 149 g/mol. The molecule has 0 amide bonds. The Morgan fingerprint density at radius 2 is 2.22 bits per heavy atom. The van der Waals surface area contributed by atoms with E-state index in [9.17, 15) is 0 Å².